The van der Waals surface area contributed by atoms with Crippen LogP contribution in [0.2, 0.25) is 0 Å². The molecule has 0 aromatic rings. The van der Waals surface area contributed by atoms with E-state index in [-0.39, 0.29) is 0 Å². The first kappa shape index (κ1) is 14.0. The summed E-state index contributed by atoms with van der Waals surface area (Å²) in [5.74, 6) is 2.50. The molecule has 0 amide bonds. The molecule has 0 aromatic carbocycles. The van der Waals surface area contributed by atoms with Gasteiger partial charge in [0.25, 0.3) is 0 Å². The van der Waals surface area contributed by atoms with Gasteiger partial charge in [0.05, 0.1) is 0 Å². The highest BCUT2D eigenvalue weighted by atomic mass is 15.2. The maximum Gasteiger partial charge on any atom is 0.0220 e. The molecule has 1 N–H and O–H groups in total. The summed E-state index contributed by atoms with van der Waals surface area (Å²) in [5, 5.41) is 3.50. The Balaban J connectivity index is 2.40. The number of hydrogen-bond donors (Lipinski definition) is 1. The van der Waals surface area contributed by atoms with E-state index >= 15 is 0 Å². The fourth-order valence-corrected chi connectivity index (χ4v) is 2.51. The summed E-state index contributed by atoms with van der Waals surface area (Å²) in [6.07, 6.45) is 2.87. The largest absolute Gasteiger partial charge is 0.315 e. The van der Waals surface area contributed by atoms with Crippen molar-refractivity contribution in [2.24, 2.45) is 17.8 Å². The fourth-order valence-electron chi connectivity index (χ4n) is 2.51. The Morgan fingerprint density at radius 1 is 1.00 bits per heavy atom. The second-order valence-corrected chi connectivity index (χ2v) is 6.24. The average Bonchev–Trinajstić information content (AvgIpc) is 2.94. The van der Waals surface area contributed by atoms with Crippen LogP contribution in [0, 0.1) is 17.8 Å². The highest BCUT2D eigenvalue weighted by Gasteiger charge is 2.31. The van der Waals surface area contributed by atoms with Crippen LogP contribution in [0.3, 0.4) is 0 Å². The number of nitrogens with one attached hydrogen (secondary N) is 1. The van der Waals surface area contributed by atoms with Gasteiger partial charge in [0.2, 0.25) is 0 Å². The van der Waals surface area contributed by atoms with E-state index < -0.39 is 0 Å². The van der Waals surface area contributed by atoms with Gasteiger partial charge in [-0.25, -0.2) is 0 Å². The van der Waals surface area contributed by atoms with Gasteiger partial charge in [0.15, 0.2) is 0 Å². The van der Waals surface area contributed by atoms with Crippen molar-refractivity contribution in [3.05, 3.63) is 0 Å². The number of likely N-dealkylation sites (N-methyl/N-ethyl adjacent to an activating group) is 1. The lowest BCUT2D eigenvalue weighted by Gasteiger charge is -2.30. The van der Waals surface area contributed by atoms with Crippen molar-refractivity contribution in [2.45, 2.75) is 46.6 Å². The Kier molecular flexibility index (Phi) is 5.77. The van der Waals surface area contributed by atoms with E-state index in [0.29, 0.717) is 0 Å². The molecular weight excluding hydrogens is 196 g/mol. The first-order chi connectivity index (χ1) is 7.52. The lowest BCUT2D eigenvalue weighted by Crippen LogP contribution is -2.43. The summed E-state index contributed by atoms with van der Waals surface area (Å²) in [5.41, 5.74) is 0. The predicted octanol–water partition coefficient (Wildman–Crippen LogP) is 2.60. The molecule has 1 saturated carbocycles. The van der Waals surface area contributed by atoms with Gasteiger partial charge < -0.3 is 10.2 Å². The highest BCUT2D eigenvalue weighted by molar-refractivity contribution is 4.87. The maximum atomic E-state index is 3.50. The van der Waals surface area contributed by atoms with Crippen molar-refractivity contribution in [3.63, 3.8) is 0 Å². The van der Waals surface area contributed by atoms with Gasteiger partial charge in [-0.1, -0.05) is 27.7 Å². The average molecular weight is 226 g/mol. The molecule has 0 aromatic heterocycles. The minimum Gasteiger partial charge on any atom is -0.315 e. The summed E-state index contributed by atoms with van der Waals surface area (Å²) in [4.78, 5) is 2.65. The molecule has 1 aliphatic rings. The van der Waals surface area contributed by atoms with Gasteiger partial charge >= 0.3 is 0 Å². The Morgan fingerprint density at radius 2 is 1.50 bits per heavy atom. The zero-order chi connectivity index (χ0) is 12.1. The van der Waals surface area contributed by atoms with Gasteiger partial charge in [-0.05, 0) is 37.6 Å². The maximum absolute atomic E-state index is 3.50. The third kappa shape index (κ3) is 5.31. The Bertz CT molecular complexity index is 175. The molecule has 1 atom stereocenters. The lowest BCUT2D eigenvalue weighted by atomic mass is 10.1. The Morgan fingerprint density at radius 3 is 1.81 bits per heavy atom. The van der Waals surface area contributed by atoms with Gasteiger partial charge in [-0.3, -0.25) is 0 Å². The molecule has 96 valence electrons. The van der Waals surface area contributed by atoms with Crippen molar-refractivity contribution >= 4 is 0 Å². The van der Waals surface area contributed by atoms with Gasteiger partial charge in [0, 0.05) is 25.7 Å². The third-order valence-electron chi connectivity index (χ3n) is 3.26. The van der Waals surface area contributed by atoms with Gasteiger partial charge in [-0.15, -0.1) is 0 Å². The topological polar surface area (TPSA) is 15.3 Å². The van der Waals surface area contributed by atoms with E-state index in [1.54, 1.807) is 0 Å². The fraction of sp³-hybridized carbons (Fsp3) is 1.00. The van der Waals surface area contributed by atoms with Crippen LogP contribution in [0.1, 0.15) is 40.5 Å². The van der Waals surface area contributed by atoms with Crippen molar-refractivity contribution < 1.29 is 0 Å². The summed E-state index contributed by atoms with van der Waals surface area (Å²) in [6.45, 7) is 13.0. The second kappa shape index (κ2) is 6.61. The van der Waals surface area contributed by atoms with Crippen LogP contribution in [0.4, 0.5) is 0 Å². The van der Waals surface area contributed by atoms with Crippen LogP contribution in [0.25, 0.3) is 0 Å². The van der Waals surface area contributed by atoms with Gasteiger partial charge in [-0.2, -0.15) is 0 Å². The quantitative estimate of drug-likeness (QED) is 0.684. The highest BCUT2D eigenvalue weighted by Crippen LogP contribution is 2.32. The minimum atomic E-state index is 0.720. The molecule has 16 heavy (non-hydrogen) atoms. The molecule has 2 nitrogen and oxygen atoms in total. The van der Waals surface area contributed by atoms with E-state index in [1.165, 1.54) is 32.5 Å². The first-order valence-corrected chi connectivity index (χ1v) is 6.92. The molecule has 0 heterocycles. The Labute approximate surface area is 102 Å². The van der Waals surface area contributed by atoms with Crippen LogP contribution in [0.5, 0.6) is 0 Å². The van der Waals surface area contributed by atoms with E-state index in [0.717, 1.165) is 23.8 Å². The predicted molar refractivity (Wildman–Crippen MR) is 71.7 cm³/mol. The summed E-state index contributed by atoms with van der Waals surface area (Å²) >= 11 is 0. The van der Waals surface area contributed by atoms with E-state index in [4.69, 9.17) is 0 Å². The SMILES string of the molecule is CNC(CN(CC(C)C)CC(C)C)C1CC1. The molecule has 1 fully saturated rings. The molecule has 1 rings (SSSR count). The molecular formula is C14H30N2. The lowest BCUT2D eigenvalue weighted by molar-refractivity contribution is 0.193. The third-order valence-corrected chi connectivity index (χ3v) is 3.26. The first-order valence-electron chi connectivity index (χ1n) is 6.92. The molecule has 1 unspecified atom stereocenters. The number of hydrogen-bond acceptors (Lipinski definition) is 2. The summed E-state index contributed by atoms with van der Waals surface area (Å²) < 4.78 is 0. The van der Waals surface area contributed by atoms with E-state index in [1.807, 2.05) is 0 Å². The van der Waals surface area contributed by atoms with Crippen molar-refractivity contribution in [1.82, 2.24) is 10.2 Å². The van der Waals surface area contributed by atoms with Crippen molar-refractivity contribution in [1.29, 1.82) is 0 Å². The number of rotatable bonds is 8. The molecule has 0 spiro atoms. The summed E-state index contributed by atoms with van der Waals surface area (Å²) in [7, 11) is 2.12. The van der Waals surface area contributed by atoms with Gasteiger partial charge in [0.1, 0.15) is 0 Å². The molecule has 0 radical (unpaired) electrons. The molecule has 1 aliphatic carbocycles. The zero-order valence-corrected chi connectivity index (χ0v) is 11.8. The Hall–Kier alpha value is -0.0800. The van der Waals surface area contributed by atoms with Crippen molar-refractivity contribution in [2.75, 3.05) is 26.7 Å². The van der Waals surface area contributed by atoms with E-state index in [9.17, 15) is 0 Å². The zero-order valence-electron chi connectivity index (χ0n) is 11.8. The van der Waals surface area contributed by atoms with Crippen LogP contribution >= 0.6 is 0 Å². The van der Waals surface area contributed by atoms with Crippen LogP contribution in [-0.2, 0) is 0 Å². The molecule has 0 aliphatic heterocycles. The standard InChI is InChI=1S/C14H30N2/c1-11(2)8-16(9-12(3)4)10-14(15-5)13-6-7-13/h11-15H,6-10H2,1-5H3. The molecule has 0 saturated heterocycles. The second-order valence-electron chi connectivity index (χ2n) is 6.24. The van der Waals surface area contributed by atoms with Crippen LogP contribution in [-0.4, -0.2) is 37.6 Å². The van der Waals surface area contributed by atoms with Crippen LogP contribution < -0.4 is 5.32 Å². The summed E-state index contributed by atoms with van der Waals surface area (Å²) in [6, 6.07) is 0.720. The van der Waals surface area contributed by atoms with E-state index in [2.05, 4.69) is 45.0 Å². The molecule has 0 bridgehead atoms. The minimum absolute atomic E-state index is 0.720. The van der Waals surface area contributed by atoms with Crippen LogP contribution in [0.15, 0.2) is 0 Å². The monoisotopic (exact) mass is 226 g/mol. The van der Waals surface area contributed by atoms with Crippen molar-refractivity contribution in [3.8, 4) is 0 Å². The normalized spacial score (nSPS) is 18.8. The smallest absolute Gasteiger partial charge is 0.0220 e. The number of nitrogens with zero attached hydrogens (tertiary/aromatic N) is 1. The molecule has 2 heteroatoms.